The van der Waals surface area contributed by atoms with Crippen LogP contribution in [0.4, 0.5) is 5.69 Å². The predicted molar refractivity (Wildman–Crippen MR) is 88.3 cm³/mol. The smallest absolute Gasteiger partial charge is 0.247 e. The summed E-state index contributed by atoms with van der Waals surface area (Å²) in [6, 6.07) is 14.5. The van der Waals surface area contributed by atoms with Gasteiger partial charge in [-0.25, -0.2) is 0 Å². The van der Waals surface area contributed by atoms with E-state index in [1.807, 2.05) is 24.3 Å². The van der Waals surface area contributed by atoms with E-state index in [2.05, 4.69) is 15.5 Å². The van der Waals surface area contributed by atoms with Crippen molar-refractivity contribution >= 4 is 23.2 Å². The molecule has 0 saturated heterocycles. The van der Waals surface area contributed by atoms with Gasteiger partial charge in [-0.2, -0.15) is 0 Å². The van der Waals surface area contributed by atoms with Crippen LogP contribution in [0.15, 0.2) is 52.9 Å². The largest absolute Gasteiger partial charge is 0.421 e. The first-order valence-electron chi connectivity index (χ1n) is 7.05. The minimum atomic E-state index is -0.0892. The molecule has 0 saturated carbocycles. The second-order valence-corrected chi connectivity index (χ2v) is 5.49. The molecule has 0 atom stereocenters. The van der Waals surface area contributed by atoms with Crippen LogP contribution < -0.4 is 5.32 Å². The monoisotopic (exact) mass is 327 g/mol. The normalized spacial score (nSPS) is 10.5. The van der Waals surface area contributed by atoms with Gasteiger partial charge in [0.2, 0.25) is 17.7 Å². The highest BCUT2D eigenvalue weighted by Crippen LogP contribution is 2.20. The number of halogens is 1. The van der Waals surface area contributed by atoms with Crippen LogP contribution >= 0.6 is 11.6 Å². The summed E-state index contributed by atoms with van der Waals surface area (Å²) in [5.74, 6) is 0.885. The Morgan fingerprint density at radius 1 is 1.09 bits per heavy atom. The summed E-state index contributed by atoms with van der Waals surface area (Å²) >= 11 is 5.83. The van der Waals surface area contributed by atoms with Crippen molar-refractivity contribution in [1.29, 1.82) is 0 Å². The Morgan fingerprint density at radius 3 is 2.39 bits per heavy atom. The van der Waals surface area contributed by atoms with Gasteiger partial charge in [-0.1, -0.05) is 23.7 Å². The van der Waals surface area contributed by atoms with E-state index in [9.17, 15) is 4.79 Å². The number of aromatic nitrogens is 2. The summed E-state index contributed by atoms with van der Waals surface area (Å²) in [5.41, 5.74) is 2.43. The Labute approximate surface area is 138 Å². The van der Waals surface area contributed by atoms with Gasteiger partial charge in [0.15, 0.2) is 0 Å². The zero-order valence-electron chi connectivity index (χ0n) is 12.4. The summed E-state index contributed by atoms with van der Waals surface area (Å²) < 4.78 is 5.36. The van der Waals surface area contributed by atoms with Gasteiger partial charge in [0.05, 0.1) is 6.42 Å². The van der Waals surface area contributed by atoms with Gasteiger partial charge in [-0.05, 0) is 42.0 Å². The molecule has 1 N–H and O–H groups in total. The van der Waals surface area contributed by atoms with E-state index >= 15 is 0 Å². The average Bonchev–Trinajstić information content (AvgIpc) is 2.97. The summed E-state index contributed by atoms with van der Waals surface area (Å²) in [7, 11) is 0. The molecule has 3 rings (SSSR count). The van der Waals surface area contributed by atoms with Gasteiger partial charge in [-0.15, -0.1) is 10.2 Å². The Hall–Kier alpha value is -2.66. The average molecular weight is 328 g/mol. The number of anilines is 1. The molecule has 0 aliphatic carbocycles. The third kappa shape index (κ3) is 3.96. The first kappa shape index (κ1) is 15.2. The van der Waals surface area contributed by atoms with Gasteiger partial charge >= 0.3 is 0 Å². The lowest BCUT2D eigenvalue weighted by atomic mass is 10.1. The molecule has 1 aromatic heterocycles. The standard InChI is InChI=1S/C17H14ClN3O2/c1-11-20-21-17(23-11)13-4-8-15(9-5-13)19-16(22)10-12-2-6-14(18)7-3-12/h2-9H,10H2,1H3,(H,19,22). The lowest BCUT2D eigenvalue weighted by Gasteiger charge is -2.06. The van der Waals surface area contributed by atoms with Crippen LogP contribution in [0.2, 0.25) is 5.02 Å². The number of carbonyl (C=O) groups excluding carboxylic acids is 1. The molecule has 6 heteroatoms. The van der Waals surface area contributed by atoms with Crippen molar-refractivity contribution in [1.82, 2.24) is 10.2 Å². The van der Waals surface area contributed by atoms with Crippen LogP contribution in [0.3, 0.4) is 0 Å². The highest BCUT2D eigenvalue weighted by molar-refractivity contribution is 6.30. The van der Waals surface area contributed by atoms with Crippen LogP contribution in [0.5, 0.6) is 0 Å². The van der Waals surface area contributed by atoms with Crippen LogP contribution in [-0.2, 0) is 11.2 Å². The summed E-state index contributed by atoms with van der Waals surface area (Å²) in [6.07, 6.45) is 0.293. The fraction of sp³-hybridized carbons (Fsp3) is 0.118. The van der Waals surface area contributed by atoms with Crippen molar-refractivity contribution in [2.75, 3.05) is 5.32 Å². The second kappa shape index (κ2) is 6.62. The summed E-state index contributed by atoms with van der Waals surface area (Å²) in [4.78, 5) is 12.0. The van der Waals surface area contributed by atoms with E-state index in [0.29, 0.717) is 28.9 Å². The van der Waals surface area contributed by atoms with Gasteiger partial charge < -0.3 is 9.73 Å². The summed E-state index contributed by atoms with van der Waals surface area (Å²) in [5, 5.41) is 11.2. The Kier molecular flexibility index (Phi) is 4.39. The molecule has 23 heavy (non-hydrogen) atoms. The number of nitrogens with zero attached hydrogens (tertiary/aromatic N) is 2. The van der Waals surface area contributed by atoms with Gasteiger partial charge in [0.1, 0.15) is 0 Å². The lowest BCUT2D eigenvalue weighted by molar-refractivity contribution is -0.115. The fourth-order valence-electron chi connectivity index (χ4n) is 2.10. The molecule has 0 fully saturated rings. The van der Waals surface area contributed by atoms with Crippen molar-refractivity contribution in [2.45, 2.75) is 13.3 Å². The zero-order valence-corrected chi connectivity index (χ0v) is 13.2. The number of amides is 1. The predicted octanol–water partition coefficient (Wildman–Crippen LogP) is 3.88. The molecule has 0 radical (unpaired) electrons. The Bertz CT molecular complexity index is 811. The van der Waals surface area contributed by atoms with Gasteiger partial charge in [0, 0.05) is 23.2 Å². The maximum Gasteiger partial charge on any atom is 0.247 e. The first-order chi connectivity index (χ1) is 11.1. The van der Waals surface area contributed by atoms with E-state index in [-0.39, 0.29) is 5.91 Å². The molecule has 1 amide bonds. The topological polar surface area (TPSA) is 68.0 Å². The lowest BCUT2D eigenvalue weighted by Crippen LogP contribution is -2.14. The minimum Gasteiger partial charge on any atom is -0.421 e. The van der Waals surface area contributed by atoms with Crippen LogP contribution in [0, 0.1) is 6.92 Å². The zero-order chi connectivity index (χ0) is 16.2. The molecule has 2 aromatic carbocycles. The van der Waals surface area contributed by atoms with Crippen LogP contribution in [0.25, 0.3) is 11.5 Å². The van der Waals surface area contributed by atoms with Crippen LogP contribution in [-0.4, -0.2) is 16.1 Å². The van der Waals surface area contributed by atoms with Crippen LogP contribution in [0.1, 0.15) is 11.5 Å². The maximum atomic E-state index is 12.0. The van der Waals surface area contributed by atoms with Crippen molar-refractivity contribution in [3.8, 4) is 11.5 Å². The first-order valence-corrected chi connectivity index (χ1v) is 7.43. The quantitative estimate of drug-likeness (QED) is 0.789. The molecular weight excluding hydrogens is 314 g/mol. The number of carbonyl (C=O) groups is 1. The molecular formula is C17H14ClN3O2. The van der Waals surface area contributed by atoms with E-state index in [0.717, 1.165) is 11.1 Å². The molecule has 1 heterocycles. The molecule has 0 aliphatic heterocycles. The van der Waals surface area contributed by atoms with E-state index in [4.69, 9.17) is 16.0 Å². The van der Waals surface area contributed by atoms with E-state index < -0.39 is 0 Å². The van der Waals surface area contributed by atoms with Crippen molar-refractivity contribution in [3.63, 3.8) is 0 Å². The number of rotatable bonds is 4. The highest BCUT2D eigenvalue weighted by atomic mass is 35.5. The molecule has 116 valence electrons. The molecule has 0 unspecified atom stereocenters. The molecule has 0 aliphatic rings. The summed E-state index contributed by atoms with van der Waals surface area (Å²) in [6.45, 7) is 1.74. The van der Waals surface area contributed by atoms with Crippen molar-refractivity contribution in [3.05, 3.63) is 65.0 Å². The number of hydrogen-bond donors (Lipinski definition) is 1. The van der Waals surface area contributed by atoms with Gasteiger partial charge in [-0.3, -0.25) is 4.79 Å². The molecule has 0 spiro atoms. The number of benzene rings is 2. The number of aryl methyl sites for hydroxylation is 1. The number of hydrogen-bond acceptors (Lipinski definition) is 4. The van der Waals surface area contributed by atoms with Gasteiger partial charge in [0.25, 0.3) is 0 Å². The number of nitrogens with one attached hydrogen (secondary N) is 1. The van der Waals surface area contributed by atoms with E-state index in [1.54, 1.807) is 31.2 Å². The minimum absolute atomic E-state index is 0.0892. The third-order valence-electron chi connectivity index (χ3n) is 3.22. The highest BCUT2D eigenvalue weighted by Gasteiger charge is 2.07. The van der Waals surface area contributed by atoms with Crippen molar-refractivity contribution in [2.24, 2.45) is 0 Å². The molecule has 0 bridgehead atoms. The molecule has 5 nitrogen and oxygen atoms in total. The Morgan fingerprint density at radius 2 is 1.78 bits per heavy atom. The van der Waals surface area contributed by atoms with E-state index in [1.165, 1.54) is 0 Å². The SMILES string of the molecule is Cc1nnc(-c2ccc(NC(=O)Cc3ccc(Cl)cc3)cc2)o1. The van der Waals surface area contributed by atoms with Crippen molar-refractivity contribution < 1.29 is 9.21 Å². The maximum absolute atomic E-state index is 12.0. The Balaban J connectivity index is 1.63. The third-order valence-corrected chi connectivity index (χ3v) is 3.47. The molecule has 3 aromatic rings. The fourth-order valence-corrected chi connectivity index (χ4v) is 2.23. The second-order valence-electron chi connectivity index (χ2n) is 5.06.